The van der Waals surface area contributed by atoms with Crippen molar-refractivity contribution in [2.24, 2.45) is 5.84 Å². The van der Waals surface area contributed by atoms with E-state index in [9.17, 15) is 10.1 Å². The van der Waals surface area contributed by atoms with Crippen LogP contribution in [0.1, 0.15) is 6.92 Å². The third-order valence-corrected chi connectivity index (χ3v) is 1.71. The molecule has 1 heterocycles. The Bertz CT molecular complexity index is 441. The van der Waals surface area contributed by atoms with Gasteiger partial charge in [0.25, 0.3) is 5.88 Å². The van der Waals surface area contributed by atoms with Crippen molar-refractivity contribution in [1.29, 1.82) is 0 Å². The zero-order chi connectivity index (χ0) is 12.1. The first-order chi connectivity index (χ1) is 7.58. The minimum absolute atomic E-state index is 0.161. The van der Waals surface area contributed by atoms with Crippen molar-refractivity contribution in [3.63, 3.8) is 0 Å². The molecule has 1 rings (SSSR count). The third kappa shape index (κ3) is 2.59. The van der Waals surface area contributed by atoms with Crippen LogP contribution in [-0.2, 0) is 0 Å². The van der Waals surface area contributed by atoms with E-state index in [0.717, 1.165) is 0 Å². The van der Waals surface area contributed by atoms with Crippen molar-refractivity contribution >= 4 is 11.5 Å². The Hall–Kier alpha value is -2.33. The molecule has 7 heteroatoms. The standard InChI is InChI=1S/C9H10N4O3/c1-3-6(2)16-9-7(13(14)15)4-5-8(11-9)12-10/h1,4-6H,10H2,2H3,(H,11,12). The van der Waals surface area contributed by atoms with E-state index in [0.29, 0.717) is 0 Å². The number of rotatable bonds is 4. The number of nitrogens with two attached hydrogens (primary N) is 1. The van der Waals surface area contributed by atoms with Crippen molar-refractivity contribution in [2.75, 3.05) is 5.43 Å². The Morgan fingerprint density at radius 3 is 2.94 bits per heavy atom. The van der Waals surface area contributed by atoms with Gasteiger partial charge < -0.3 is 10.2 Å². The Balaban J connectivity index is 3.11. The van der Waals surface area contributed by atoms with E-state index in [1.807, 2.05) is 0 Å². The number of ether oxygens (including phenoxy) is 1. The first-order valence-corrected chi connectivity index (χ1v) is 4.33. The van der Waals surface area contributed by atoms with Crippen LogP contribution in [0.3, 0.4) is 0 Å². The molecular formula is C9H10N4O3. The minimum atomic E-state index is -0.612. The number of terminal acetylenes is 1. The molecule has 7 nitrogen and oxygen atoms in total. The van der Waals surface area contributed by atoms with Crippen molar-refractivity contribution in [2.45, 2.75) is 13.0 Å². The average molecular weight is 222 g/mol. The van der Waals surface area contributed by atoms with Crippen molar-refractivity contribution in [3.05, 3.63) is 22.2 Å². The molecule has 0 radical (unpaired) electrons. The van der Waals surface area contributed by atoms with E-state index < -0.39 is 11.0 Å². The summed E-state index contributed by atoms with van der Waals surface area (Å²) in [6.07, 6.45) is 4.49. The SMILES string of the molecule is C#CC(C)Oc1nc(NN)ccc1[N+](=O)[O-]. The lowest BCUT2D eigenvalue weighted by molar-refractivity contribution is -0.386. The molecule has 0 fully saturated rings. The lowest BCUT2D eigenvalue weighted by atomic mass is 10.4. The van der Waals surface area contributed by atoms with Crippen LogP contribution in [0.25, 0.3) is 0 Å². The lowest BCUT2D eigenvalue weighted by Crippen LogP contribution is -2.13. The molecule has 84 valence electrons. The Kier molecular flexibility index (Phi) is 3.63. The molecule has 1 aromatic heterocycles. The number of pyridine rings is 1. The van der Waals surface area contributed by atoms with E-state index in [1.54, 1.807) is 6.92 Å². The van der Waals surface area contributed by atoms with Gasteiger partial charge in [0.15, 0.2) is 6.10 Å². The number of nitrogen functional groups attached to an aromatic ring is 1. The van der Waals surface area contributed by atoms with Crippen LogP contribution in [0.5, 0.6) is 5.88 Å². The molecule has 0 spiro atoms. The summed E-state index contributed by atoms with van der Waals surface area (Å²) in [6.45, 7) is 1.58. The number of aromatic nitrogens is 1. The quantitative estimate of drug-likeness (QED) is 0.336. The maximum Gasteiger partial charge on any atom is 0.331 e. The number of anilines is 1. The molecule has 0 bridgehead atoms. The fourth-order valence-corrected chi connectivity index (χ4v) is 0.941. The topological polar surface area (TPSA) is 103 Å². The minimum Gasteiger partial charge on any atom is -0.457 e. The highest BCUT2D eigenvalue weighted by Crippen LogP contribution is 2.26. The normalized spacial score (nSPS) is 11.3. The van der Waals surface area contributed by atoms with Gasteiger partial charge in [-0.05, 0) is 13.0 Å². The Morgan fingerprint density at radius 2 is 2.44 bits per heavy atom. The summed E-state index contributed by atoms with van der Waals surface area (Å²) in [6, 6.07) is 2.60. The molecule has 0 saturated heterocycles. The van der Waals surface area contributed by atoms with Crippen LogP contribution >= 0.6 is 0 Å². The number of hydrogen-bond acceptors (Lipinski definition) is 6. The first-order valence-electron chi connectivity index (χ1n) is 4.33. The van der Waals surface area contributed by atoms with Crippen LogP contribution < -0.4 is 16.0 Å². The molecule has 0 aliphatic carbocycles. The monoisotopic (exact) mass is 222 g/mol. The van der Waals surface area contributed by atoms with Crippen LogP contribution in [0.15, 0.2) is 12.1 Å². The number of nitrogens with zero attached hydrogens (tertiary/aromatic N) is 2. The highest BCUT2D eigenvalue weighted by Gasteiger charge is 2.18. The smallest absolute Gasteiger partial charge is 0.331 e. The maximum absolute atomic E-state index is 10.7. The van der Waals surface area contributed by atoms with Crippen molar-refractivity contribution in [1.82, 2.24) is 4.98 Å². The lowest BCUT2D eigenvalue weighted by Gasteiger charge is -2.09. The van der Waals surface area contributed by atoms with Gasteiger partial charge in [-0.1, -0.05) is 5.92 Å². The Morgan fingerprint density at radius 1 is 1.75 bits per heavy atom. The second-order valence-electron chi connectivity index (χ2n) is 2.85. The van der Waals surface area contributed by atoms with E-state index in [4.69, 9.17) is 17.0 Å². The molecule has 0 aromatic carbocycles. The predicted molar refractivity (Wildman–Crippen MR) is 57.6 cm³/mol. The summed E-state index contributed by atoms with van der Waals surface area (Å²) in [7, 11) is 0. The average Bonchev–Trinajstić information content (AvgIpc) is 2.28. The molecule has 16 heavy (non-hydrogen) atoms. The molecule has 1 aromatic rings. The van der Waals surface area contributed by atoms with E-state index in [2.05, 4.69) is 16.3 Å². The summed E-state index contributed by atoms with van der Waals surface area (Å²) in [5, 5.41) is 10.7. The summed E-state index contributed by atoms with van der Waals surface area (Å²) in [5.74, 6) is 7.50. The fourth-order valence-electron chi connectivity index (χ4n) is 0.941. The van der Waals surface area contributed by atoms with E-state index in [1.165, 1.54) is 12.1 Å². The first kappa shape index (κ1) is 11.7. The van der Waals surface area contributed by atoms with Gasteiger partial charge in [0.1, 0.15) is 5.82 Å². The van der Waals surface area contributed by atoms with Crippen LogP contribution in [0.2, 0.25) is 0 Å². The van der Waals surface area contributed by atoms with E-state index >= 15 is 0 Å². The molecule has 1 unspecified atom stereocenters. The molecule has 0 saturated carbocycles. The maximum atomic E-state index is 10.7. The molecule has 0 aliphatic heterocycles. The molecule has 1 atom stereocenters. The zero-order valence-corrected chi connectivity index (χ0v) is 8.51. The summed E-state index contributed by atoms with van der Waals surface area (Å²) < 4.78 is 5.11. The largest absolute Gasteiger partial charge is 0.457 e. The zero-order valence-electron chi connectivity index (χ0n) is 8.51. The number of nitro groups is 1. The van der Waals surface area contributed by atoms with Crippen LogP contribution in [0.4, 0.5) is 11.5 Å². The molecule has 3 N–H and O–H groups in total. The van der Waals surface area contributed by atoms with Gasteiger partial charge in [-0.25, -0.2) is 5.84 Å². The summed E-state index contributed by atoms with van der Waals surface area (Å²) >= 11 is 0. The molecular weight excluding hydrogens is 212 g/mol. The highest BCUT2D eigenvalue weighted by atomic mass is 16.6. The number of hydrazine groups is 1. The molecule has 0 aliphatic rings. The summed E-state index contributed by atoms with van der Waals surface area (Å²) in [4.78, 5) is 13.9. The van der Waals surface area contributed by atoms with Gasteiger partial charge in [0.05, 0.1) is 4.92 Å². The van der Waals surface area contributed by atoms with Gasteiger partial charge >= 0.3 is 5.69 Å². The van der Waals surface area contributed by atoms with Gasteiger partial charge in [-0.2, -0.15) is 4.98 Å². The van der Waals surface area contributed by atoms with Gasteiger partial charge in [-0.15, -0.1) is 6.42 Å². The van der Waals surface area contributed by atoms with Gasteiger partial charge in [0.2, 0.25) is 0 Å². The second-order valence-corrected chi connectivity index (χ2v) is 2.85. The summed E-state index contributed by atoms with van der Waals surface area (Å²) in [5.41, 5.74) is 2.00. The van der Waals surface area contributed by atoms with E-state index in [-0.39, 0.29) is 17.4 Å². The molecule has 0 amide bonds. The second kappa shape index (κ2) is 4.95. The van der Waals surface area contributed by atoms with Crippen LogP contribution in [-0.4, -0.2) is 16.0 Å². The number of hydrogen-bond donors (Lipinski definition) is 2. The van der Waals surface area contributed by atoms with Crippen molar-refractivity contribution in [3.8, 4) is 18.2 Å². The van der Waals surface area contributed by atoms with Crippen molar-refractivity contribution < 1.29 is 9.66 Å². The highest BCUT2D eigenvalue weighted by molar-refractivity contribution is 5.48. The number of nitrogens with one attached hydrogen (secondary N) is 1. The fraction of sp³-hybridized carbons (Fsp3) is 0.222. The Labute approximate surface area is 91.7 Å². The van der Waals surface area contributed by atoms with Gasteiger partial charge in [0, 0.05) is 6.07 Å². The van der Waals surface area contributed by atoms with Crippen LogP contribution in [0, 0.1) is 22.5 Å². The predicted octanol–water partition coefficient (Wildman–Crippen LogP) is 0.676. The van der Waals surface area contributed by atoms with Gasteiger partial charge in [-0.3, -0.25) is 10.1 Å². The third-order valence-electron chi connectivity index (χ3n) is 1.71.